The Bertz CT molecular complexity index is 783. The minimum absolute atomic E-state index is 0.0512. The molecule has 3 rings (SSSR count). The number of nitrogens with one attached hydrogen (secondary N) is 1. The van der Waals surface area contributed by atoms with Gasteiger partial charge in [0.25, 0.3) is 5.91 Å². The largest absolute Gasteiger partial charge is 0.484 e. The van der Waals surface area contributed by atoms with Crippen molar-refractivity contribution in [2.45, 2.75) is 6.92 Å². The van der Waals surface area contributed by atoms with Crippen LogP contribution in [0.3, 0.4) is 0 Å². The lowest BCUT2D eigenvalue weighted by Gasteiger charge is -2.08. The quantitative estimate of drug-likeness (QED) is 0.786. The molecule has 23 heavy (non-hydrogen) atoms. The molecule has 116 valence electrons. The number of hydrogen-bond donors (Lipinski definition) is 1. The van der Waals surface area contributed by atoms with Gasteiger partial charge in [-0.2, -0.15) is 5.10 Å². The van der Waals surface area contributed by atoms with E-state index in [1.807, 2.05) is 37.3 Å². The van der Waals surface area contributed by atoms with Gasteiger partial charge in [-0.05, 0) is 42.8 Å². The summed E-state index contributed by atoms with van der Waals surface area (Å²) >= 11 is 0. The number of pyridine rings is 1. The zero-order valence-electron chi connectivity index (χ0n) is 12.6. The first kappa shape index (κ1) is 14.8. The van der Waals surface area contributed by atoms with Crippen molar-refractivity contribution in [2.24, 2.45) is 0 Å². The Morgan fingerprint density at radius 2 is 2.17 bits per heavy atom. The average Bonchev–Trinajstić information content (AvgIpc) is 3.08. The van der Waals surface area contributed by atoms with Crippen LogP contribution in [0.5, 0.6) is 5.75 Å². The summed E-state index contributed by atoms with van der Waals surface area (Å²) in [5.41, 5.74) is 1.69. The Hall–Kier alpha value is -3.15. The fraction of sp³-hybridized carbons (Fsp3) is 0.118. The molecule has 0 aliphatic heterocycles. The van der Waals surface area contributed by atoms with E-state index in [9.17, 15) is 4.79 Å². The van der Waals surface area contributed by atoms with E-state index in [1.54, 1.807) is 35.4 Å². The molecule has 2 aromatic heterocycles. The van der Waals surface area contributed by atoms with Crippen LogP contribution in [0.2, 0.25) is 0 Å². The number of ether oxygens (including phenoxy) is 1. The zero-order valence-corrected chi connectivity index (χ0v) is 12.6. The third kappa shape index (κ3) is 3.94. The lowest BCUT2D eigenvalue weighted by Crippen LogP contribution is -2.20. The molecule has 0 spiro atoms. The van der Waals surface area contributed by atoms with E-state index in [-0.39, 0.29) is 12.5 Å². The van der Waals surface area contributed by atoms with Gasteiger partial charge in [0.1, 0.15) is 5.75 Å². The highest BCUT2D eigenvalue weighted by atomic mass is 16.5. The molecule has 0 fully saturated rings. The first-order valence-electron chi connectivity index (χ1n) is 7.16. The molecule has 0 saturated heterocycles. The van der Waals surface area contributed by atoms with Crippen LogP contribution in [0.25, 0.3) is 5.82 Å². The monoisotopic (exact) mass is 308 g/mol. The second-order valence-electron chi connectivity index (χ2n) is 5.01. The number of carbonyl (C=O) groups is 1. The van der Waals surface area contributed by atoms with E-state index >= 15 is 0 Å². The van der Waals surface area contributed by atoms with E-state index in [0.29, 0.717) is 17.3 Å². The molecule has 6 heteroatoms. The predicted octanol–water partition coefficient (Wildman–Crippen LogP) is 2.59. The van der Waals surface area contributed by atoms with Gasteiger partial charge in [-0.3, -0.25) is 4.79 Å². The summed E-state index contributed by atoms with van der Waals surface area (Å²) in [6.45, 7) is 1.92. The van der Waals surface area contributed by atoms with Crippen molar-refractivity contribution in [1.82, 2.24) is 14.8 Å². The van der Waals surface area contributed by atoms with Gasteiger partial charge in [0.05, 0.1) is 11.9 Å². The van der Waals surface area contributed by atoms with Crippen LogP contribution in [0.15, 0.2) is 61.1 Å². The van der Waals surface area contributed by atoms with Gasteiger partial charge in [0.15, 0.2) is 12.4 Å². The van der Waals surface area contributed by atoms with Crippen molar-refractivity contribution >= 4 is 11.6 Å². The molecular weight excluding hydrogens is 292 g/mol. The highest BCUT2D eigenvalue weighted by molar-refractivity contribution is 5.91. The van der Waals surface area contributed by atoms with Gasteiger partial charge >= 0.3 is 0 Å². The Labute approximate surface area is 133 Å². The fourth-order valence-corrected chi connectivity index (χ4v) is 2.05. The Balaban J connectivity index is 1.55. The highest BCUT2D eigenvalue weighted by Gasteiger charge is 2.05. The van der Waals surface area contributed by atoms with E-state index in [2.05, 4.69) is 15.4 Å². The van der Waals surface area contributed by atoms with E-state index in [4.69, 9.17) is 4.74 Å². The SMILES string of the molecule is Cc1cccc(OCC(=O)Nc2ccc(-n3cccn3)nc2)c1. The third-order valence-corrected chi connectivity index (χ3v) is 3.13. The van der Waals surface area contributed by atoms with Gasteiger partial charge in [0, 0.05) is 12.4 Å². The fourth-order valence-electron chi connectivity index (χ4n) is 2.05. The average molecular weight is 308 g/mol. The molecule has 0 aliphatic rings. The van der Waals surface area contributed by atoms with Crippen molar-refractivity contribution in [1.29, 1.82) is 0 Å². The van der Waals surface area contributed by atoms with Gasteiger partial charge < -0.3 is 10.1 Å². The topological polar surface area (TPSA) is 69.0 Å². The number of amides is 1. The van der Waals surface area contributed by atoms with Crippen LogP contribution < -0.4 is 10.1 Å². The summed E-state index contributed by atoms with van der Waals surface area (Å²) in [6.07, 6.45) is 5.07. The number of nitrogens with zero attached hydrogens (tertiary/aromatic N) is 3. The van der Waals surface area contributed by atoms with Gasteiger partial charge in [0.2, 0.25) is 0 Å². The van der Waals surface area contributed by atoms with Crippen molar-refractivity contribution in [3.8, 4) is 11.6 Å². The summed E-state index contributed by atoms with van der Waals surface area (Å²) in [5.74, 6) is 1.12. The Morgan fingerprint density at radius 3 is 2.87 bits per heavy atom. The smallest absolute Gasteiger partial charge is 0.262 e. The standard InChI is InChI=1S/C17H16N4O2/c1-13-4-2-5-15(10-13)23-12-17(22)20-14-6-7-16(18-11-14)21-9-3-8-19-21/h2-11H,12H2,1H3,(H,20,22). The third-order valence-electron chi connectivity index (χ3n) is 3.13. The minimum atomic E-state index is -0.236. The van der Waals surface area contributed by atoms with Crippen LogP contribution in [0.1, 0.15) is 5.56 Å². The number of carbonyl (C=O) groups excluding carboxylic acids is 1. The molecule has 0 bridgehead atoms. The molecule has 0 saturated carbocycles. The van der Waals surface area contributed by atoms with E-state index in [0.717, 1.165) is 5.56 Å². The number of aromatic nitrogens is 3. The molecule has 1 aromatic carbocycles. The highest BCUT2D eigenvalue weighted by Crippen LogP contribution is 2.13. The number of aryl methyl sites for hydroxylation is 1. The lowest BCUT2D eigenvalue weighted by atomic mass is 10.2. The molecule has 0 radical (unpaired) electrons. The number of benzene rings is 1. The molecule has 6 nitrogen and oxygen atoms in total. The summed E-state index contributed by atoms with van der Waals surface area (Å²) in [7, 11) is 0. The van der Waals surface area contributed by atoms with E-state index < -0.39 is 0 Å². The van der Waals surface area contributed by atoms with Crippen LogP contribution in [-0.2, 0) is 4.79 Å². The molecular formula is C17H16N4O2. The zero-order chi connectivity index (χ0) is 16.1. The molecule has 2 heterocycles. The van der Waals surface area contributed by atoms with Gasteiger partial charge in [-0.1, -0.05) is 12.1 Å². The summed E-state index contributed by atoms with van der Waals surface area (Å²) in [4.78, 5) is 16.2. The van der Waals surface area contributed by atoms with Crippen molar-refractivity contribution in [2.75, 3.05) is 11.9 Å². The maximum atomic E-state index is 11.9. The summed E-state index contributed by atoms with van der Waals surface area (Å²) < 4.78 is 7.10. The Morgan fingerprint density at radius 1 is 1.26 bits per heavy atom. The minimum Gasteiger partial charge on any atom is -0.484 e. The second kappa shape index (κ2) is 6.74. The van der Waals surface area contributed by atoms with Crippen molar-refractivity contribution in [3.63, 3.8) is 0 Å². The Kier molecular flexibility index (Phi) is 4.33. The number of rotatable bonds is 5. The maximum absolute atomic E-state index is 11.9. The summed E-state index contributed by atoms with van der Waals surface area (Å²) in [6, 6.07) is 12.9. The normalized spacial score (nSPS) is 10.3. The molecule has 1 N–H and O–H groups in total. The van der Waals surface area contributed by atoms with Crippen LogP contribution in [0.4, 0.5) is 5.69 Å². The van der Waals surface area contributed by atoms with Crippen molar-refractivity contribution in [3.05, 3.63) is 66.6 Å². The van der Waals surface area contributed by atoms with E-state index in [1.165, 1.54) is 0 Å². The first-order valence-corrected chi connectivity index (χ1v) is 7.16. The number of anilines is 1. The lowest BCUT2D eigenvalue weighted by molar-refractivity contribution is -0.118. The second-order valence-corrected chi connectivity index (χ2v) is 5.01. The van der Waals surface area contributed by atoms with Crippen LogP contribution in [-0.4, -0.2) is 27.3 Å². The van der Waals surface area contributed by atoms with Gasteiger partial charge in [-0.25, -0.2) is 9.67 Å². The van der Waals surface area contributed by atoms with Crippen LogP contribution >= 0.6 is 0 Å². The molecule has 0 aliphatic carbocycles. The maximum Gasteiger partial charge on any atom is 0.262 e. The molecule has 3 aromatic rings. The van der Waals surface area contributed by atoms with Crippen LogP contribution in [0, 0.1) is 6.92 Å². The molecule has 0 unspecified atom stereocenters. The number of hydrogen-bond acceptors (Lipinski definition) is 4. The first-order chi connectivity index (χ1) is 11.2. The molecule has 1 amide bonds. The van der Waals surface area contributed by atoms with Crippen molar-refractivity contribution < 1.29 is 9.53 Å². The predicted molar refractivity (Wildman–Crippen MR) is 86.7 cm³/mol. The van der Waals surface area contributed by atoms with Gasteiger partial charge in [-0.15, -0.1) is 0 Å². The molecule has 0 atom stereocenters. The summed E-state index contributed by atoms with van der Waals surface area (Å²) in [5, 5.41) is 6.84.